The van der Waals surface area contributed by atoms with Crippen molar-refractivity contribution in [2.45, 2.75) is 61.8 Å². The largest absolute Gasteiger partial charge is 0.455 e. The average Bonchev–Trinajstić information content (AvgIpc) is 2.95. The molecule has 0 N–H and O–H groups in total. The standard InChI is InChI=1S/C18H20O8S/c1-9(19)22-13-14(23-10(2)20)16-18(27-12-7-5-4-6-8-12)26-17(25-16)15(13)24-11(3)21/h4-8,13-18H,1-3H3/t13-,14+,15-,16+,17-,18-/m1/s1. The lowest BCUT2D eigenvalue weighted by atomic mass is 10.00. The summed E-state index contributed by atoms with van der Waals surface area (Å²) in [6, 6.07) is 9.48. The molecule has 3 rings (SSSR count). The topological polar surface area (TPSA) is 97.4 Å². The Bertz CT molecular complexity index is 709. The van der Waals surface area contributed by atoms with E-state index in [1.807, 2.05) is 30.3 Å². The van der Waals surface area contributed by atoms with E-state index in [2.05, 4.69) is 0 Å². The molecule has 27 heavy (non-hydrogen) atoms. The monoisotopic (exact) mass is 396 g/mol. The SMILES string of the molecule is CC(=O)O[C@@H]1[C@H](OC(C)=O)[C@@H]2O[C@H](O[C@@H]2Sc2ccccc2)[C@@H]1OC(C)=O. The third-order valence-electron chi connectivity index (χ3n) is 3.97. The summed E-state index contributed by atoms with van der Waals surface area (Å²) in [5, 5.41) is 0. The van der Waals surface area contributed by atoms with Crippen molar-refractivity contribution in [2.24, 2.45) is 0 Å². The molecule has 0 amide bonds. The molecule has 6 atom stereocenters. The summed E-state index contributed by atoms with van der Waals surface area (Å²) in [6.45, 7) is 3.69. The van der Waals surface area contributed by atoms with Gasteiger partial charge < -0.3 is 23.7 Å². The van der Waals surface area contributed by atoms with Gasteiger partial charge >= 0.3 is 17.9 Å². The second-order valence-corrected chi connectivity index (χ2v) is 7.30. The van der Waals surface area contributed by atoms with E-state index in [1.165, 1.54) is 32.5 Å². The van der Waals surface area contributed by atoms with Gasteiger partial charge in [0, 0.05) is 25.7 Å². The highest BCUT2D eigenvalue weighted by Gasteiger charge is 2.60. The molecular formula is C18H20O8S. The van der Waals surface area contributed by atoms with Crippen LogP contribution in [0.5, 0.6) is 0 Å². The van der Waals surface area contributed by atoms with Crippen molar-refractivity contribution in [3.05, 3.63) is 30.3 Å². The molecule has 1 aromatic rings. The van der Waals surface area contributed by atoms with Gasteiger partial charge in [-0.3, -0.25) is 14.4 Å². The Morgan fingerprint density at radius 3 is 1.96 bits per heavy atom. The van der Waals surface area contributed by atoms with Crippen LogP contribution in [0.3, 0.4) is 0 Å². The molecule has 2 aliphatic rings. The summed E-state index contributed by atoms with van der Waals surface area (Å²) in [4.78, 5) is 35.7. The molecule has 0 unspecified atom stereocenters. The lowest BCUT2D eigenvalue weighted by molar-refractivity contribution is -0.250. The van der Waals surface area contributed by atoms with Gasteiger partial charge in [0.1, 0.15) is 11.5 Å². The number of carbonyl (C=O) groups is 3. The van der Waals surface area contributed by atoms with Gasteiger partial charge in [0.15, 0.2) is 18.3 Å². The van der Waals surface area contributed by atoms with Gasteiger partial charge in [-0.15, -0.1) is 0 Å². The normalized spacial score (nSPS) is 31.8. The van der Waals surface area contributed by atoms with Crippen LogP contribution in [0.1, 0.15) is 20.8 Å². The van der Waals surface area contributed by atoms with E-state index in [9.17, 15) is 14.4 Å². The van der Waals surface area contributed by atoms with Crippen molar-refractivity contribution < 1.29 is 38.1 Å². The van der Waals surface area contributed by atoms with Crippen LogP contribution in [-0.4, -0.2) is 54.0 Å². The number of esters is 3. The third kappa shape index (κ3) is 4.60. The maximum Gasteiger partial charge on any atom is 0.303 e. The van der Waals surface area contributed by atoms with Crippen LogP contribution < -0.4 is 0 Å². The van der Waals surface area contributed by atoms with Gasteiger partial charge in [0.25, 0.3) is 0 Å². The minimum atomic E-state index is -1.05. The summed E-state index contributed by atoms with van der Waals surface area (Å²) >= 11 is 1.38. The van der Waals surface area contributed by atoms with E-state index in [0.29, 0.717) is 0 Å². The summed E-state index contributed by atoms with van der Waals surface area (Å²) in [6.07, 6.45) is -4.68. The quantitative estimate of drug-likeness (QED) is 0.543. The maximum atomic E-state index is 11.6. The van der Waals surface area contributed by atoms with Crippen molar-refractivity contribution in [2.75, 3.05) is 0 Å². The second-order valence-electron chi connectivity index (χ2n) is 6.13. The van der Waals surface area contributed by atoms with Crippen LogP contribution in [0.4, 0.5) is 0 Å². The van der Waals surface area contributed by atoms with E-state index in [4.69, 9.17) is 23.7 Å². The van der Waals surface area contributed by atoms with Crippen LogP contribution in [-0.2, 0) is 38.1 Å². The van der Waals surface area contributed by atoms with Gasteiger partial charge in [-0.05, 0) is 12.1 Å². The van der Waals surface area contributed by atoms with Crippen LogP contribution in [0.25, 0.3) is 0 Å². The van der Waals surface area contributed by atoms with Crippen molar-refractivity contribution >= 4 is 29.7 Å². The Morgan fingerprint density at radius 1 is 0.815 bits per heavy atom. The lowest BCUT2D eigenvalue weighted by Gasteiger charge is -2.38. The van der Waals surface area contributed by atoms with Gasteiger partial charge in [0.2, 0.25) is 6.29 Å². The Kier molecular flexibility index (Phi) is 6.03. The number of hydrogen-bond donors (Lipinski definition) is 0. The van der Waals surface area contributed by atoms with Crippen molar-refractivity contribution in [1.82, 2.24) is 0 Å². The lowest BCUT2D eigenvalue weighted by Crippen LogP contribution is -2.58. The minimum absolute atomic E-state index is 0.541. The van der Waals surface area contributed by atoms with E-state index < -0.39 is 54.0 Å². The maximum absolute atomic E-state index is 11.6. The van der Waals surface area contributed by atoms with E-state index >= 15 is 0 Å². The number of benzene rings is 1. The average molecular weight is 396 g/mol. The molecule has 9 heteroatoms. The molecule has 2 bridgehead atoms. The van der Waals surface area contributed by atoms with E-state index in [1.54, 1.807) is 0 Å². The Hall–Kier alpha value is -2.10. The smallest absolute Gasteiger partial charge is 0.303 e. The zero-order chi connectivity index (χ0) is 19.6. The molecule has 2 aliphatic heterocycles. The highest BCUT2D eigenvalue weighted by molar-refractivity contribution is 7.99. The molecule has 2 saturated heterocycles. The molecule has 0 saturated carbocycles. The van der Waals surface area contributed by atoms with Crippen LogP contribution in [0.2, 0.25) is 0 Å². The number of rotatable bonds is 5. The zero-order valence-corrected chi connectivity index (χ0v) is 15.8. The molecule has 2 fully saturated rings. The molecule has 0 aromatic heterocycles. The van der Waals surface area contributed by atoms with Gasteiger partial charge in [0.05, 0.1) is 0 Å². The highest BCUT2D eigenvalue weighted by Crippen LogP contribution is 2.43. The molecule has 2 heterocycles. The molecule has 146 valence electrons. The molecule has 8 nitrogen and oxygen atoms in total. The zero-order valence-electron chi connectivity index (χ0n) is 15.0. The van der Waals surface area contributed by atoms with E-state index in [-0.39, 0.29) is 0 Å². The first kappa shape index (κ1) is 19.7. The van der Waals surface area contributed by atoms with Crippen LogP contribution in [0.15, 0.2) is 35.2 Å². The molecular weight excluding hydrogens is 376 g/mol. The third-order valence-corrected chi connectivity index (χ3v) is 5.12. The van der Waals surface area contributed by atoms with Crippen molar-refractivity contribution in [1.29, 1.82) is 0 Å². The minimum Gasteiger partial charge on any atom is -0.455 e. The van der Waals surface area contributed by atoms with Crippen LogP contribution in [0, 0.1) is 0 Å². The second kappa shape index (κ2) is 8.28. The summed E-state index contributed by atoms with van der Waals surface area (Å²) in [5.41, 5.74) is -0.541. The summed E-state index contributed by atoms with van der Waals surface area (Å²) in [5.74, 6) is -1.76. The van der Waals surface area contributed by atoms with Gasteiger partial charge in [-0.25, -0.2) is 0 Å². The van der Waals surface area contributed by atoms with Crippen molar-refractivity contribution in [3.63, 3.8) is 0 Å². The van der Waals surface area contributed by atoms with Gasteiger partial charge in [-0.1, -0.05) is 30.0 Å². The summed E-state index contributed by atoms with van der Waals surface area (Å²) < 4.78 is 27.7. The number of ether oxygens (including phenoxy) is 5. The Morgan fingerprint density at radius 2 is 1.37 bits per heavy atom. The molecule has 0 spiro atoms. The summed E-state index contributed by atoms with van der Waals surface area (Å²) in [7, 11) is 0. The van der Waals surface area contributed by atoms with Gasteiger partial charge in [-0.2, -0.15) is 0 Å². The number of carbonyl (C=O) groups excluding carboxylic acids is 3. The first-order valence-electron chi connectivity index (χ1n) is 8.39. The molecule has 1 aromatic carbocycles. The predicted octanol–water partition coefficient (Wildman–Crippen LogP) is 1.65. The van der Waals surface area contributed by atoms with Crippen LogP contribution >= 0.6 is 11.8 Å². The van der Waals surface area contributed by atoms with E-state index in [0.717, 1.165) is 4.90 Å². The Labute approximate surface area is 160 Å². The first-order valence-corrected chi connectivity index (χ1v) is 9.27. The number of hydrogen-bond acceptors (Lipinski definition) is 9. The Balaban J connectivity index is 1.90. The van der Waals surface area contributed by atoms with Crippen molar-refractivity contribution in [3.8, 4) is 0 Å². The predicted molar refractivity (Wildman–Crippen MR) is 92.5 cm³/mol. The number of fused-ring (bicyclic) bond motifs is 2. The number of thioether (sulfide) groups is 1. The first-order chi connectivity index (χ1) is 12.8. The fourth-order valence-corrected chi connectivity index (χ4v) is 4.17. The highest BCUT2D eigenvalue weighted by atomic mass is 32.2. The molecule has 0 radical (unpaired) electrons. The molecule has 0 aliphatic carbocycles. The fraction of sp³-hybridized carbons (Fsp3) is 0.500. The fourth-order valence-electron chi connectivity index (χ4n) is 3.07.